The zero-order valence-electron chi connectivity index (χ0n) is 8.89. The van der Waals surface area contributed by atoms with E-state index in [9.17, 15) is 0 Å². The first-order valence-electron chi connectivity index (χ1n) is 4.66. The second-order valence-corrected chi connectivity index (χ2v) is 3.56. The summed E-state index contributed by atoms with van der Waals surface area (Å²) in [5, 5.41) is 0. The Hall–Kier alpha value is -0.790. The van der Waals surface area contributed by atoms with Crippen LogP contribution in [-0.4, -0.2) is 0 Å². The van der Waals surface area contributed by atoms with Gasteiger partial charge in [-0.05, 0) is 31.0 Å². The molecule has 1 nitrogen and oxygen atoms in total. The van der Waals surface area contributed by atoms with Gasteiger partial charge >= 0.3 is 0 Å². The average Bonchev–Trinajstić information content (AvgIpc) is 2.10. The SMILES string of the molecule is C=CCC([NH3+])c1ccc(C)c(C)c1.[Cl-]. The summed E-state index contributed by atoms with van der Waals surface area (Å²) in [6, 6.07) is 6.88. The van der Waals surface area contributed by atoms with Crippen molar-refractivity contribution in [1.29, 1.82) is 0 Å². The van der Waals surface area contributed by atoms with Gasteiger partial charge in [0.15, 0.2) is 0 Å². The number of benzene rings is 1. The number of quaternary nitrogens is 1. The highest BCUT2D eigenvalue weighted by atomic mass is 35.5. The molecule has 1 unspecified atom stereocenters. The summed E-state index contributed by atoms with van der Waals surface area (Å²) in [6.07, 6.45) is 2.87. The fourth-order valence-electron chi connectivity index (χ4n) is 1.36. The molecule has 0 aromatic heterocycles. The van der Waals surface area contributed by atoms with Crippen LogP contribution in [0.5, 0.6) is 0 Å². The number of rotatable bonds is 3. The first-order valence-corrected chi connectivity index (χ1v) is 4.66. The molecule has 0 aliphatic rings. The third-order valence-corrected chi connectivity index (χ3v) is 2.45. The molecule has 0 amide bonds. The van der Waals surface area contributed by atoms with Crippen LogP contribution >= 0.6 is 0 Å². The molecule has 0 radical (unpaired) electrons. The molecule has 0 saturated carbocycles. The number of hydrogen-bond donors (Lipinski definition) is 1. The van der Waals surface area contributed by atoms with Crippen molar-refractivity contribution in [2.45, 2.75) is 26.3 Å². The van der Waals surface area contributed by atoms with Gasteiger partial charge in [0.2, 0.25) is 0 Å². The fourth-order valence-corrected chi connectivity index (χ4v) is 1.36. The van der Waals surface area contributed by atoms with Gasteiger partial charge in [-0.15, -0.1) is 6.58 Å². The summed E-state index contributed by atoms with van der Waals surface area (Å²) in [4.78, 5) is 0. The molecule has 1 rings (SSSR count). The van der Waals surface area contributed by atoms with Crippen LogP contribution in [-0.2, 0) is 0 Å². The Morgan fingerprint density at radius 2 is 2.00 bits per heavy atom. The normalized spacial score (nSPS) is 11.6. The maximum absolute atomic E-state index is 4.10. The van der Waals surface area contributed by atoms with E-state index >= 15 is 0 Å². The Morgan fingerprint density at radius 3 is 2.50 bits per heavy atom. The van der Waals surface area contributed by atoms with Crippen LogP contribution < -0.4 is 18.1 Å². The van der Waals surface area contributed by atoms with Crippen molar-refractivity contribution in [3.63, 3.8) is 0 Å². The molecule has 1 aromatic rings. The molecule has 0 aliphatic carbocycles. The van der Waals surface area contributed by atoms with Gasteiger partial charge < -0.3 is 18.1 Å². The molecule has 78 valence electrons. The quantitative estimate of drug-likeness (QED) is 0.633. The lowest BCUT2D eigenvalue weighted by atomic mass is 10.00. The van der Waals surface area contributed by atoms with Gasteiger partial charge in [-0.25, -0.2) is 0 Å². The first kappa shape index (κ1) is 13.2. The molecule has 0 saturated heterocycles. The number of aryl methyl sites for hydroxylation is 2. The number of halogens is 1. The lowest BCUT2D eigenvalue weighted by Crippen LogP contribution is -3.00. The molecule has 0 bridgehead atoms. The van der Waals surface area contributed by atoms with E-state index in [1.54, 1.807) is 0 Å². The van der Waals surface area contributed by atoms with Gasteiger partial charge in [-0.3, -0.25) is 0 Å². The minimum atomic E-state index is 0. The molecule has 0 spiro atoms. The minimum Gasteiger partial charge on any atom is -1.00 e. The summed E-state index contributed by atoms with van der Waals surface area (Å²) >= 11 is 0. The Balaban J connectivity index is 0.00000169. The predicted molar refractivity (Wildman–Crippen MR) is 56.4 cm³/mol. The monoisotopic (exact) mass is 211 g/mol. The summed E-state index contributed by atoms with van der Waals surface area (Å²) in [5.74, 6) is 0. The van der Waals surface area contributed by atoms with E-state index in [0.29, 0.717) is 6.04 Å². The smallest absolute Gasteiger partial charge is 0.113 e. The highest BCUT2D eigenvalue weighted by Gasteiger charge is 2.07. The second-order valence-electron chi connectivity index (χ2n) is 3.56. The van der Waals surface area contributed by atoms with Crippen LogP contribution in [0.25, 0.3) is 0 Å². The van der Waals surface area contributed by atoms with Crippen LogP contribution in [0.1, 0.15) is 29.2 Å². The van der Waals surface area contributed by atoms with Crippen LogP contribution in [0, 0.1) is 13.8 Å². The second kappa shape index (κ2) is 5.84. The molecule has 14 heavy (non-hydrogen) atoms. The molecule has 0 fully saturated rings. The topological polar surface area (TPSA) is 27.6 Å². The van der Waals surface area contributed by atoms with Gasteiger partial charge in [0.05, 0.1) is 0 Å². The maximum atomic E-state index is 4.10. The van der Waals surface area contributed by atoms with Crippen molar-refractivity contribution in [1.82, 2.24) is 0 Å². The highest BCUT2D eigenvalue weighted by Crippen LogP contribution is 2.16. The minimum absolute atomic E-state index is 0. The van der Waals surface area contributed by atoms with E-state index in [1.165, 1.54) is 16.7 Å². The zero-order chi connectivity index (χ0) is 9.84. The van der Waals surface area contributed by atoms with Gasteiger partial charge in [0.25, 0.3) is 0 Å². The largest absolute Gasteiger partial charge is 1.00 e. The van der Waals surface area contributed by atoms with Crippen molar-refractivity contribution < 1.29 is 18.1 Å². The molecule has 3 N–H and O–H groups in total. The van der Waals surface area contributed by atoms with Crippen LogP contribution in [0.15, 0.2) is 30.9 Å². The van der Waals surface area contributed by atoms with E-state index in [0.717, 1.165) is 6.42 Å². The fraction of sp³-hybridized carbons (Fsp3) is 0.333. The van der Waals surface area contributed by atoms with Crippen LogP contribution in [0.4, 0.5) is 0 Å². The van der Waals surface area contributed by atoms with Gasteiger partial charge in [-0.2, -0.15) is 0 Å². The van der Waals surface area contributed by atoms with Gasteiger partial charge in [0.1, 0.15) is 6.04 Å². The van der Waals surface area contributed by atoms with E-state index in [4.69, 9.17) is 0 Å². The molecular weight excluding hydrogens is 194 g/mol. The van der Waals surface area contributed by atoms with E-state index in [-0.39, 0.29) is 12.4 Å². The molecule has 0 aliphatic heterocycles. The van der Waals surface area contributed by atoms with Crippen LogP contribution in [0.3, 0.4) is 0 Å². The van der Waals surface area contributed by atoms with Gasteiger partial charge in [0, 0.05) is 12.0 Å². The van der Waals surface area contributed by atoms with E-state index in [2.05, 4.69) is 44.4 Å². The summed E-state index contributed by atoms with van der Waals surface area (Å²) in [5.41, 5.74) is 8.09. The van der Waals surface area contributed by atoms with E-state index in [1.807, 2.05) is 6.08 Å². The van der Waals surface area contributed by atoms with Crippen molar-refractivity contribution in [3.05, 3.63) is 47.5 Å². The highest BCUT2D eigenvalue weighted by molar-refractivity contribution is 5.31. The Labute approximate surface area is 92.4 Å². The Morgan fingerprint density at radius 1 is 1.36 bits per heavy atom. The Kier molecular flexibility index (Phi) is 5.51. The summed E-state index contributed by atoms with van der Waals surface area (Å²) < 4.78 is 0. The maximum Gasteiger partial charge on any atom is 0.113 e. The standard InChI is InChI=1S/C12H17N.ClH/c1-4-5-12(13)11-7-6-9(2)10(3)8-11;/h4,6-8,12H,1,5,13H2,2-3H3;1H. The molecular formula is C12H18ClN. The summed E-state index contributed by atoms with van der Waals surface area (Å²) in [7, 11) is 0. The van der Waals surface area contributed by atoms with Crippen molar-refractivity contribution in [2.24, 2.45) is 0 Å². The van der Waals surface area contributed by atoms with E-state index < -0.39 is 0 Å². The predicted octanol–water partition coefficient (Wildman–Crippen LogP) is -0.833. The molecule has 2 heteroatoms. The van der Waals surface area contributed by atoms with Crippen molar-refractivity contribution in [2.75, 3.05) is 0 Å². The van der Waals surface area contributed by atoms with Crippen LogP contribution in [0.2, 0.25) is 0 Å². The van der Waals surface area contributed by atoms with Gasteiger partial charge in [-0.1, -0.05) is 18.2 Å². The average molecular weight is 212 g/mol. The molecule has 0 heterocycles. The lowest BCUT2D eigenvalue weighted by molar-refractivity contribution is -0.425. The Bertz CT molecular complexity index is 307. The third-order valence-electron chi connectivity index (χ3n) is 2.45. The summed E-state index contributed by atoms with van der Waals surface area (Å²) in [6.45, 7) is 7.99. The lowest BCUT2D eigenvalue weighted by Gasteiger charge is -2.08. The molecule has 1 aromatic carbocycles. The van der Waals surface area contributed by atoms with Crippen molar-refractivity contribution in [3.8, 4) is 0 Å². The number of hydrogen-bond acceptors (Lipinski definition) is 0. The molecule has 1 atom stereocenters. The third kappa shape index (κ3) is 3.17. The first-order chi connectivity index (χ1) is 6.15. The zero-order valence-corrected chi connectivity index (χ0v) is 9.64. The van der Waals surface area contributed by atoms with Crippen molar-refractivity contribution >= 4 is 0 Å².